The molecule has 2 aromatic carbocycles. The lowest BCUT2D eigenvalue weighted by atomic mass is 10.1. The highest BCUT2D eigenvalue weighted by atomic mass is 35.5. The molecule has 1 aromatic heterocycles. The van der Waals surface area contributed by atoms with Crippen molar-refractivity contribution in [3.8, 4) is 22.8 Å². The minimum atomic E-state index is -0.342. The molecular formula is C18H12Cl2N2O4. The van der Waals surface area contributed by atoms with Crippen LogP contribution in [0.4, 0.5) is 0 Å². The summed E-state index contributed by atoms with van der Waals surface area (Å²) in [5.41, 5.74) is 1.68. The maximum atomic E-state index is 12.3. The standard InChI is InChI=1S/C18H12Cl2N2O4/c19-11-2-3-14(20)13(6-11)18(23)21-8-12-7-16(26-22-12)10-1-4-15-17(5-10)25-9-24-15/h1-7H,8-9H2,(H,21,23). The van der Waals surface area contributed by atoms with E-state index in [2.05, 4.69) is 10.5 Å². The monoisotopic (exact) mass is 390 g/mol. The second-order valence-electron chi connectivity index (χ2n) is 5.56. The highest BCUT2D eigenvalue weighted by molar-refractivity contribution is 6.35. The van der Waals surface area contributed by atoms with Gasteiger partial charge in [-0.05, 0) is 36.4 Å². The number of benzene rings is 2. The normalized spacial score (nSPS) is 12.2. The van der Waals surface area contributed by atoms with Crippen molar-refractivity contribution in [2.24, 2.45) is 0 Å². The molecule has 2 heterocycles. The van der Waals surface area contributed by atoms with Crippen LogP contribution in [0.3, 0.4) is 0 Å². The average Bonchev–Trinajstić information content (AvgIpc) is 3.30. The van der Waals surface area contributed by atoms with Gasteiger partial charge < -0.3 is 19.3 Å². The largest absolute Gasteiger partial charge is 0.454 e. The SMILES string of the molecule is O=C(NCc1cc(-c2ccc3c(c2)OCO3)on1)c1cc(Cl)ccc1Cl. The Morgan fingerprint density at radius 1 is 1.08 bits per heavy atom. The van der Waals surface area contributed by atoms with E-state index in [0.29, 0.717) is 38.6 Å². The molecule has 1 aliphatic rings. The second kappa shape index (κ2) is 6.90. The Morgan fingerprint density at radius 2 is 1.92 bits per heavy atom. The van der Waals surface area contributed by atoms with E-state index in [4.69, 9.17) is 37.2 Å². The summed E-state index contributed by atoms with van der Waals surface area (Å²) in [5.74, 6) is 1.57. The Bertz CT molecular complexity index is 987. The summed E-state index contributed by atoms with van der Waals surface area (Å²) >= 11 is 11.9. The number of nitrogens with zero attached hydrogens (tertiary/aromatic N) is 1. The molecule has 3 aromatic rings. The van der Waals surface area contributed by atoms with Crippen molar-refractivity contribution in [3.63, 3.8) is 0 Å². The van der Waals surface area contributed by atoms with E-state index >= 15 is 0 Å². The minimum absolute atomic E-state index is 0.190. The van der Waals surface area contributed by atoms with Gasteiger partial charge >= 0.3 is 0 Å². The van der Waals surface area contributed by atoms with Gasteiger partial charge in [-0.25, -0.2) is 0 Å². The molecule has 132 valence electrons. The number of aromatic nitrogens is 1. The van der Waals surface area contributed by atoms with Gasteiger partial charge in [-0.1, -0.05) is 28.4 Å². The van der Waals surface area contributed by atoms with Gasteiger partial charge in [-0.15, -0.1) is 0 Å². The van der Waals surface area contributed by atoms with Crippen LogP contribution in [-0.4, -0.2) is 17.9 Å². The highest BCUT2D eigenvalue weighted by Crippen LogP contribution is 2.36. The molecular weight excluding hydrogens is 379 g/mol. The van der Waals surface area contributed by atoms with E-state index in [0.717, 1.165) is 5.56 Å². The summed E-state index contributed by atoms with van der Waals surface area (Å²) in [6, 6.07) is 11.9. The van der Waals surface area contributed by atoms with Crippen LogP contribution in [0.2, 0.25) is 10.0 Å². The molecule has 0 fully saturated rings. The molecule has 0 aliphatic carbocycles. The first-order valence-electron chi connectivity index (χ1n) is 7.69. The van der Waals surface area contributed by atoms with Gasteiger partial charge in [0.2, 0.25) is 6.79 Å². The minimum Gasteiger partial charge on any atom is -0.454 e. The molecule has 1 N–H and O–H groups in total. The number of hydrogen-bond acceptors (Lipinski definition) is 5. The van der Waals surface area contributed by atoms with Gasteiger partial charge in [-0.2, -0.15) is 0 Å². The third kappa shape index (κ3) is 3.34. The van der Waals surface area contributed by atoms with Crippen LogP contribution < -0.4 is 14.8 Å². The predicted octanol–water partition coefficient (Wildman–Crippen LogP) is 4.31. The van der Waals surface area contributed by atoms with Crippen LogP contribution in [0.1, 0.15) is 16.1 Å². The number of ether oxygens (including phenoxy) is 2. The molecule has 1 amide bonds. The fourth-order valence-electron chi connectivity index (χ4n) is 2.52. The zero-order chi connectivity index (χ0) is 18.1. The Kier molecular flexibility index (Phi) is 4.44. The maximum Gasteiger partial charge on any atom is 0.253 e. The number of nitrogens with one attached hydrogen (secondary N) is 1. The third-order valence-electron chi connectivity index (χ3n) is 3.82. The summed E-state index contributed by atoms with van der Waals surface area (Å²) in [6.07, 6.45) is 0. The Labute approximate surface area is 158 Å². The zero-order valence-electron chi connectivity index (χ0n) is 13.3. The van der Waals surface area contributed by atoms with Crippen molar-refractivity contribution >= 4 is 29.1 Å². The number of halogens is 2. The summed E-state index contributed by atoms with van der Waals surface area (Å²) < 4.78 is 16.0. The van der Waals surface area contributed by atoms with E-state index < -0.39 is 0 Å². The van der Waals surface area contributed by atoms with Crippen molar-refractivity contribution in [2.45, 2.75) is 6.54 Å². The van der Waals surface area contributed by atoms with Crippen LogP contribution >= 0.6 is 23.2 Å². The second-order valence-corrected chi connectivity index (χ2v) is 6.40. The quantitative estimate of drug-likeness (QED) is 0.718. The molecule has 4 rings (SSSR count). The van der Waals surface area contributed by atoms with Crippen molar-refractivity contribution in [1.29, 1.82) is 0 Å². The third-order valence-corrected chi connectivity index (χ3v) is 4.38. The summed E-state index contributed by atoms with van der Waals surface area (Å²) in [5, 5.41) is 7.47. The lowest BCUT2D eigenvalue weighted by molar-refractivity contribution is 0.0950. The van der Waals surface area contributed by atoms with Gasteiger partial charge in [-0.3, -0.25) is 4.79 Å². The van der Waals surface area contributed by atoms with E-state index in [1.54, 1.807) is 18.2 Å². The Balaban J connectivity index is 1.45. The fraction of sp³-hybridized carbons (Fsp3) is 0.111. The zero-order valence-corrected chi connectivity index (χ0v) is 14.8. The number of amides is 1. The lowest BCUT2D eigenvalue weighted by Gasteiger charge is -2.05. The summed E-state index contributed by atoms with van der Waals surface area (Å²) in [4.78, 5) is 12.3. The number of carbonyl (C=O) groups is 1. The fourth-order valence-corrected chi connectivity index (χ4v) is 2.89. The van der Waals surface area contributed by atoms with Crippen LogP contribution in [0, 0.1) is 0 Å². The highest BCUT2D eigenvalue weighted by Gasteiger charge is 2.16. The van der Waals surface area contributed by atoms with Crippen molar-refractivity contribution in [3.05, 3.63) is 63.8 Å². The number of fused-ring (bicyclic) bond motifs is 1. The van der Waals surface area contributed by atoms with E-state index in [-0.39, 0.29) is 19.2 Å². The molecule has 0 unspecified atom stereocenters. The van der Waals surface area contributed by atoms with Gasteiger partial charge in [0.25, 0.3) is 5.91 Å². The first-order chi connectivity index (χ1) is 12.6. The van der Waals surface area contributed by atoms with Gasteiger partial charge in [0.1, 0.15) is 5.69 Å². The smallest absolute Gasteiger partial charge is 0.253 e. The van der Waals surface area contributed by atoms with Crippen LogP contribution in [0.25, 0.3) is 11.3 Å². The first-order valence-corrected chi connectivity index (χ1v) is 8.44. The van der Waals surface area contributed by atoms with Crippen molar-refractivity contribution in [1.82, 2.24) is 10.5 Å². The number of hydrogen-bond donors (Lipinski definition) is 1. The molecule has 0 spiro atoms. The lowest BCUT2D eigenvalue weighted by Crippen LogP contribution is -2.23. The van der Waals surface area contributed by atoms with Crippen LogP contribution in [0.5, 0.6) is 11.5 Å². The molecule has 0 atom stereocenters. The Morgan fingerprint density at radius 3 is 2.81 bits per heavy atom. The van der Waals surface area contributed by atoms with E-state index in [9.17, 15) is 4.79 Å². The molecule has 26 heavy (non-hydrogen) atoms. The van der Waals surface area contributed by atoms with Crippen LogP contribution in [0.15, 0.2) is 47.0 Å². The first kappa shape index (κ1) is 16.8. The predicted molar refractivity (Wildman–Crippen MR) is 95.7 cm³/mol. The molecule has 0 radical (unpaired) electrons. The maximum absolute atomic E-state index is 12.3. The number of carbonyl (C=O) groups excluding carboxylic acids is 1. The molecule has 8 heteroatoms. The van der Waals surface area contributed by atoms with Gasteiger partial charge in [0, 0.05) is 16.7 Å². The van der Waals surface area contributed by atoms with E-state index in [1.807, 2.05) is 18.2 Å². The topological polar surface area (TPSA) is 73.6 Å². The van der Waals surface area contributed by atoms with Gasteiger partial charge in [0.05, 0.1) is 17.1 Å². The molecule has 0 bridgehead atoms. The van der Waals surface area contributed by atoms with Crippen LogP contribution in [-0.2, 0) is 6.54 Å². The van der Waals surface area contributed by atoms with Crippen molar-refractivity contribution < 1.29 is 18.8 Å². The molecule has 6 nitrogen and oxygen atoms in total. The van der Waals surface area contributed by atoms with Gasteiger partial charge in [0.15, 0.2) is 17.3 Å². The number of rotatable bonds is 4. The molecule has 0 saturated heterocycles. The summed E-state index contributed by atoms with van der Waals surface area (Å²) in [7, 11) is 0. The molecule has 1 aliphatic heterocycles. The van der Waals surface area contributed by atoms with Crippen molar-refractivity contribution in [2.75, 3.05) is 6.79 Å². The Hall–Kier alpha value is -2.70. The van der Waals surface area contributed by atoms with E-state index in [1.165, 1.54) is 6.07 Å². The summed E-state index contributed by atoms with van der Waals surface area (Å²) in [6.45, 7) is 0.397. The molecule has 0 saturated carbocycles. The average molecular weight is 391 g/mol.